The molecule has 1 aromatic carbocycles. The van der Waals surface area contributed by atoms with E-state index in [4.69, 9.17) is 5.11 Å². The number of carbonyl (C=O) groups is 1. The predicted octanol–water partition coefficient (Wildman–Crippen LogP) is 2.04. The van der Waals surface area contributed by atoms with E-state index in [2.05, 4.69) is 10.2 Å². The lowest BCUT2D eigenvalue weighted by Gasteiger charge is -2.23. The average molecular weight is 248 g/mol. The fourth-order valence-corrected chi connectivity index (χ4v) is 2.55. The third-order valence-electron chi connectivity index (χ3n) is 3.48. The number of likely N-dealkylation sites (tertiary alicyclic amines) is 1. The molecule has 2 N–H and O–H groups in total. The number of hydrogen-bond acceptors (Lipinski definition) is 3. The number of carboxylic acids is 1. The Morgan fingerprint density at radius 3 is 2.83 bits per heavy atom. The lowest BCUT2D eigenvalue weighted by Crippen LogP contribution is -2.40. The summed E-state index contributed by atoms with van der Waals surface area (Å²) >= 11 is 0. The summed E-state index contributed by atoms with van der Waals surface area (Å²) in [5.74, 6) is -0.710. The minimum Gasteiger partial charge on any atom is -0.480 e. The van der Waals surface area contributed by atoms with Crippen molar-refractivity contribution >= 4 is 11.7 Å². The number of para-hydroxylation sites is 1. The molecular weight excluding hydrogens is 228 g/mol. The van der Waals surface area contributed by atoms with E-state index in [1.54, 1.807) is 0 Å². The topological polar surface area (TPSA) is 52.6 Å². The Balaban J connectivity index is 1.90. The smallest absolute Gasteiger partial charge is 0.320 e. The summed E-state index contributed by atoms with van der Waals surface area (Å²) in [6.07, 6.45) is 1.66. The number of hydrogen-bond donors (Lipinski definition) is 2. The first-order valence-corrected chi connectivity index (χ1v) is 6.49. The van der Waals surface area contributed by atoms with Crippen LogP contribution in [0.3, 0.4) is 0 Å². The van der Waals surface area contributed by atoms with Gasteiger partial charge in [-0.15, -0.1) is 0 Å². The molecule has 4 heteroatoms. The zero-order valence-electron chi connectivity index (χ0n) is 10.7. The minimum absolute atomic E-state index is 0.340. The van der Waals surface area contributed by atoms with Gasteiger partial charge in [0.1, 0.15) is 6.04 Å². The molecule has 1 fully saturated rings. The van der Waals surface area contributed by atoms with Crippen LogP contribution >= 0.6 is 0 Å². The number of benzene rings is 1. The van der Waals surface area contributed by atoms with Crippen molar-refractivity contribution in [3.05, 3.63) is 30.3 Å². The highest BCUT2D eigenvalue weighted by Gasteiger charge is 2.30. The zero-order chi connectivity index (χ0) is 13.0. The average Bonchev–Trinajstić information content (AvgIpc) is 2.79. The molecule has 2 atom stereocenters. The Labute approximate surface area is 108 Å². The van der Waals surface area contributed by atoms with Gasteiger partial charge in [-0.1, -0.05) is 25.1 Å². The highest BCUT2D eigenvalue weighted by Crippen LogP contribution is 2.18. The fourth-order valence-electron chi connectivity index (χ4n) is 2.55. The maximum absolute atomic E-state index is 11.1. The Bertz CT molecular complexity index is 394. The van der Waals surface area contributed by atoms with Crippen LogP contribution in [0.5, 0.6) is 0 Å². The van der Waals surface area contributed by atoms with E-state index in [1.165, 1.54) is 0 Å². The molecule has 18 heavy (non-hydrogen) atoms. The Morgan fingerprint density at radius 2 is 2.22 bits per heavy atom. The second-order valence-electron chi connectivity index (χ2n) is 4.75. The molecule has 1 aromatic rings. The number of aliphatic carboxylic acids is 1. The van der Waals surface area contributed by atoms with E-state index >= 15 is 0 Å². The van der Waals surface area contributed by atoms with Crippen LogP contribution in [0, 0.1) is 0 Å². The first kappa shape index (κ1) is 12.9. The molecule has 1 heterocycles. The van der Waals surface area contributed by atoms with Crippen LogP contribution in [-0.2, 0) is 4.79 Å². The van der Waals surface area contributed by atoms with E-state index in [9.17, 15) is 4.79 Å². The lowest BCUT2D eigenvalue weighted by atomic mass is 10.2. The monoisotopic (exact) mass is 248 g/mol. The van der Waals surface area contributed by atoms with Gasteiger partial charge in [0, 0.05) is 24.8 Å². The molecule has 1 saturated heterocycles. The molecule has 1 aliphatic rings. The molecule has 2 unspecified atom stereocenters. The normalized spacial score (nSPS) is 21.7. The number of nitrogens with one attached hydrogen (secondary N) is 1. The van der Waals surface area contributed by atoms with Crippen molar-refractivity contribution in [1.82, 2.24) is 4.90 Å². The first-order chi connectivity index (χ1) is 8.70. The first-order valence-electron chi connectivity index (χ1n) is 6.49. The van der Waals surface area contributed by atoms with Crippen LogP contribution < -0.4 is 5.32 Å². The maximum Gasteiger partial charge on any atom is 0.320 e. The van der Waals surface area contributed by atoms with E-state index in [-0.39, 0.29) is 6.04 Å². The van der Waals surface area contributed by atoms with Crippen molar-refractivity contribution in [3.63, 3.8) is 0 Å². The van der Waals surface area contributed by atoms with Gasteiger partial charge in [-0.3, -0.25) is 9.69 Å². The summed E-state index contributed by atoms with van der Waals surface area (Å²) in [5.41, 5.74) is 1.10. The van der Waals surface area contributed by atoms with Crippen molar-refractivity contribution in [3.8, 4) is 0 Å². The van der Waals surface area contributed by atoms with Crippen LogP contribution in [0.4, 0.5) is 5.69 Å². The van der Waals surface area contributed by atoms with Crippen molar-refractivity contribution < 1.29 is 9.90 Å². The molecule has 0 bridgehead atoms. The van der Waals surface area contributed by atoms with Gasteiger partial charge in [0.15, 0.2) is 0 Å². The number of nitrogens with zero attached hydrogens (tertiary/aromatic N) is 1. The molecule has 2 rings (SSSR count). The molecule has 0 aliphatic carbocycles. The summed E-state index contributed by atoms with van der Waals surface area (Å²) < 4.78 is 0. The van der Waals surface area contributed by atoms with E-state index in [0.29, 0.717) is 12.5 Å². The van der Waals surface area contributed by atoms with Crippen LogP contribution in [0.15, 0.2) is 30.3 Å². The van der Waals surface area contributed by atoms with Gasteiger partial charge in [0.25, 0.3) is 0 Å². The third kappa shape index (κ3) is 3.01. The maximum atomic E-state index is 11.1. The summed E-state index contributed by atoms with van der Waals surface area (Å²) in [7, 11) is 0. The minimum atomic E-state index is -0.710. The number of rotatable bonds is 5. The van der Waals surface area contributed by atoms with Crippen molar-refractivity contribution in [2.24, 2.45) is 0 Å². The molecule has 0 radical (unpaired) electrons. The van der Waals surface area contributed by atoms with Crippen LogP contribution in [0.25, 0.3) is 0 Å². The van der Waals surface area contributed by atoms with Crippen molar-refractivity contribution in [2.75, 3.05) is 18.4 Å². The van der Waals surface area contributed by atoms with Gasteiger partial charge >= 0.3 is 5.97 Å². The summed E-state index contributed by atoms with van der Waals surface area (Å²) in [5, 5.41) is 12.6. The summed E-state index contributed by atoms with van der Waals surface area (Å²) in [6, 6.07) is 10.1. The van der Waals surface area contributed by atoms with Crippen LogP contribution in [0.2, 0.25) is 0 Å². The molecule has 1 aliphatic heterocycles. The Kier molecular flexibility index (Phi) is 4.20. The summed E-state index contributed by atoms with van der Waals surface area (Å²) in [6.45, 7) is 3.59. The molecular formula is C14H20N2O2. The molecule has 0 saturated carbocycles. The van der Waals surface area contributed by atoms with Gasteiger partial charge in [0.2, 0.25) is 0 Å². The Hall–Kier alpha value is -1.55. The molecule has 4 nitrogen and oxygen atoms in total. The van der Waals surface area contributed by atoms with Gasteiger partial charge in [-0.2, -0.15) is 0 Å². The molecule has 0 aromatic heterocycles. The predicted molar refractivity (Wildman–Crippen MR) is 71.8 cm³/mol. The Morgan fingerprint density at radius 1 is 1.50 bits per heavy atom. The quantitative estimate of drug-likeness (QED) is 0.837. The highest BCUT2D eigenvalue weighted by atomic mass is 16.4. The van der Waals surface area contributed by atoms with E-state index < -0.39 is 5.97 Å². The SMILES string of the molecule is CCC(C(=O)O)N1CCC(Nc2ccccc2)C1. The van der Waals surface area contributed by atoms with Crippen LogP contribution in [-0.4, -0.2) is 41.1 Å². The standard InChI is InChI=1S/C14H20N2O2/c1-2-13(14(17)18)16-9-8-12(10-16)15-11-6-4-3-5-7-11/h3-7,12-13,15H,2,8-10H2,1H3,(H,17,18). The third-order valence-corrected chi connectivity index (χ3v) is 3.48. The summed E-state index contributed by atoms with van der Waals surface area (Å²) in [4.78, 5) is 13.2. The van der Waals surface area contributed by atoms with Crippen molar-refractivity contribution in [1.29, 1.82) is 0 Å². The van der Waals surface area contributed by atoms with Crippen molar-refractivity contribution in [2.45, 2.75) is 31.8 Å². The molecule has 0 spiro atoms. The number of carboxylic acid groups (broad SMARTS) is 1. The van der Waals surface area contributed by atoms with E-state index in [1.807, 2.05) is 37.3 Å². The van der Waals surface area contributed by atoms with Gasteiger partial charge < -0.3 is 10.4 Å². The fraction of sp³-hybridized carbons (Fsp3) is 0.500. The van der Waals surface area contributed by atoms with E-state index in [0.717, 1.165) is 25.2 Å². The highest BCUT2D eigenvalue weighted by molar-refractivity contribution is 5.73. The largest absolute Gasteiger partial charge is 0.480 e. The van der Waals surface area contributed by atoms with Gasteiger partial charge in [-0.25, -0.2) is 0 Å². The number of anilines is 1. The van der Waals surface area contributed by atoms with Crippen LogP contribution in [0.1, 0.15) is 19.8 Å². The van der Waals surface area contributed by atoms with Gasteiger partial charge in [-0.05, 0) is 25.0 Å². The van der Waals surface area contributed by atoms with Gasteiger partial charge in [0.05, 0.1) is 0 Å². The second-order valence-corrected chi connectivity index (χ2v) is 4.75. The molecule has 98 valence electrons. The molecule has 0 amide bonds. The zero-order valence-corrected chi connectivity index (χ0v) is 10.7. The lowest BCUT2D eigenvalue weighted by molar-refractivity contribution is -0.143. The second kappa shape index (κ2) is 5.87.